The summed E-state index contributed by atoms with van der Waals surface area (Å²) in [5, 5.41) is 21.0. The fourth-order valence-corrected chi connectivity index (χ4v) is 4.16. The van der Waals surface area contributed by atoms with Crippen LogP contribution in [0.3, 0.4) is 0 Å². The maximum atomic E-state index is 11.4. The third-order valence-electron chi connectivity index (χ3n) is 6.25. The average Bonchev–Trinajstić information content (AvgIpc) is 3.59. The molecular formula is C23H28N8O4. The Bertz CT molecular complexity index is 1210. The maximum absolute atomic E-state index is 11.4. The van der Waals surface area contributed by atoms with E-state index in [9.17, 15) is 9.90 Å². The highest BCUT2D eigenvalue weighted by molar-refractivity contribution is 5.70. The summed E-state index contributed by atoms with van der Waals surface area (Å²) < 4.78 is 13.4. The van der Waals surface area contributed by atoms with Crippen LogP contribution in [0.2, 0.25) is 0 Å². The van der Waals surface area contributed by atoms with Gasteiger partial charge in [0.15, 0.2) is 0 Å². The van der Waals surface area contributed by atoms with Crippen molar-refractivity contribution >= 4 is 11.9 Å². The number of carboxylic acids is 1. The second-order valence-corrected chi connectivity index (χ2v) is 8.99. The smallest absolute Gasteiger partial charge is 0.321 e. The monoisotopic (exact) mass is 480 g/mol. The maximum Gasteiger partial charge on any atom is 0.321 e. The first kappa shape index (κ1) is 22.9. The molecule has 5 rings (SSSR count). The minimum absolute atomic E-state index is 0.123. The number of anilines is 1. The minimum Gasteiger partial charge on any atom is -0.489 e. The molecule has 2 saturated carbocycles. The molecule has 2 fully saturated rings. The minimum atomic E-state index is -0.754. The number of carboxylic acid groups (broad SMARTS) is 1. The third-order valence-corrected chi connectivity index (χ3v) is 6.25. The Morgan fingerprint density at radius 2 is 2.00 bits per heavy atom. The van der Waals surface area contributed by atoms with Crippen molar-refractivity contribution in [3.05, 3.63) is 29.8 Å². The van der Waals surface area contributed by atoms with Crippen molar-refractivity contribution in [1.29, 1.82) is 0 Å². The van der Waals surface area contributed by atoms with Crippen molar-refractivity contribution in [1.82, 2.24) is 34.9 Å². The average molecular weight is 481 g/mol. The van der Waals surface area contributed by atoms with E-state index < -0.39 is 5.97 Å². The molecule has 0 saturated heterocycles. The molecule has 0 radical (unpaired) electrons. The first-order chi connectivity index (χ1) is 17.0. The zero-order chi connectivity index (χ0) is 24.4. The van der Waals surface area contributed by atoms with Crippen LogP contribution in [-0.2, 0) is 18.4 Å². The van der Waals surface area contributed by atoms with E-state index in [1.807, 2.05) is 26.1 Å². The summed E-state index contributed by atoms with van der Waals surface area (Å²) in [4.78, 5) is 28.6. The standard InChI is InChI=1S/C23H28N8O4/c1-13-19(34-16-5-3-4-14(10-16)21(32)33)9-8-17(27-13)20-18(31(2)30-29-20)11-24-22-25-12-26-23(28-22)35-15-6-7-15/h8-9,12,14-16H,3-7,10-11H2,1-2H3,(H,32,33)(H,24,25,26,28)/t14-,16-/m0/s1. The number of pyridine rings is 1. The fraction of sp³-hybridized carbons (Fsp3) is 0.522. The third kappa shape index (κ3) is 5.47. The zero-order valence-corrected chi connectivity index (χ0v) is 19.7. The first-order valence-electron chi connectivity index (χ1n) is 11.8. The van der Waals surface area contributed by atoms with E-state index in [0.29, 0.717) is 54.2 Å². The predicted molar refractivity (Wildman–Crippen MR) is 124 cm³/mol. The number of hydrogen-bond donors (Lipinski definition) is 2. The summed E-state index contributed by atoms with van der Waals surface area (Å²) in [5.74, 6) is -0.0441. The van der Waals surface area contributed by atoms with Gasteiger partial charge in [0.2, 0.25) is 5.95 Å². The highest BCUT2D eigenvalue weighted by Gasteiger charge is 2.29. The quantitative estimate of drug-likeness (QED) is 0.465. The van der Waals surface area contributed by atoms with Crippen molar-refractivity contribution in [3.8, 4) is 23.1 Å². The van der Waals surface area contributed by atoms with E-state index in [1.54, 1.807) is 4.68 Å². The molecular weight excluding hydrogens is 452 g/mol. The molecule has 2 aliphatic carbocycles. The lowest BCUT2D eigenvalue weighted by Crippen LogP contribution is -2.29. The highest BCUT2D eigenvalue weighted by Crippen LogP contribution is 2.30. The Morgan fingerprint density at radius 3 is 2.77 bits per heavy atom. The van der Waals surface area contributed by atoms with Crippen LogP contribution >= 0.6 is 0 Å². The van der Waals surface area contributed by atoms with Gasteiger partial charge in [0, 0.05) is 7.05 Å². The largest absolute Gasteiger partial charge is 0.489 e. The molecule has 12 nitrogen and oxygen atoms in total. The Hall–Kier alpha value is -3.83. The van der Waals surface area contributed by atoms with Crippen LogP contribution in [-0.4, -0.2) is 58.2 Å². The molecule has 0 bridgehead atoms. The summed E-state index contributed by atoms with van der Waals surface area (Å²) in [7, 11) is 1.81. The van der Waals surface area contributed by atoms with Gasteiger partial charge in [-0.15, -0.1) is 5.10 Å². The van der Waals surface area contributed by atoms with E-state index in [1.165, 1.54) is 6.33 Å². The van der Waals surface area contributed by atoms with Crippen LogP contribution < -0.4 is 14.8 Å². The SMILES string of the molecule is Cc1nc(-c2nnn(C)c2CNc2ncnc(OC3CC3)n2)ccc1O[C@H]1CCC[C@H](C(=O)O)C1. The topological polar surface area (TPSA) is 150 Å². The molecule has 184 valence electrons. The fourth-order valence-electron chi connectivity index (χ4n) is 4.16. The number of aryl methyl sites for hydroxylation is 2. The number of carbonyl (C=O) groups is 1. The van der Waals surface area contributed by atoms with Gasteiger partial charge in [-0.05, 0) is 57.6 Å². The summed E-state index contributed by atoms with van der Waals surface area (Å²) in [6, 6.07) is 4.02. The molecule has 3 aromatic heterocycles. The lowest BCUT2D eigenvalue weighted by atomic mass is 9.87. The van der Waals surface area contributed by atoms with Gasteiger partial charge in [-0.2, -0.15) is 9.97 Å². The van der Waals surface area contributed by atoms with Crippen molar-refractivity contribution in [2.45, 2.75) is 64.2 Å². The normalized spacial score (nSPS) is 19.8. The Labute approximate surface area is 202 Å². The van der Waals surface area contributed by atoms with E-state index in [0.717, 1.165) is 31.4 Å². The molecule has 3 heterocycles. The molecule has 2 atom stereocenters. The number of nitrogens with one attached hydrogen (secondary N) is 1. The molecule has 2 aliphatic rings. The lowest BCUT2D eigenvalue weighted by Gasteiger charge is -2.27. The van der Waals surface area contributed by atoms with E-state index in [4.69, 9.17) is 14.5 Å². The molecule has 35 heavy (non-hydrogen) atoms. The number of rotatable bonds is 9. The van der Waals surface area contributed by atoms with Gasteiger partial charge in [0.1, 0.15) is 23.9 Å². The highest BCUT2D eigenvalue weighted by atomic mass is 16.5. The Kier molecular flexibility index (Phi) is 6.43. The Morgan fingerprint density at radius 1 is 1.14 bits per heavy atom. The molecule has 3 aromatic rings. The number of ether oxygens (including phenoxy) is 2. The van der Waals surface area contributed by atoms with Crippen molar-refractivity contribution in [2.75, 3.05) is 5.32 Å². The van der Waals surface area contributed by atoms with Crippen LogP contribution in [0.25, 0.3) is 11.4 Å². The van der Waals surface area contributed by atoms with Gasteiger partial charge in [-0.1, -0.05) is 5.21 Å². The number of aliphatic carboxylic acids is 1. The summed E-state index contributed by atoms with van der Waals surface area (Å²) >= 11 is 0. The first-order valence-corrected chi connectivity index (χ1v) is 11.8. The molecule has 2 N–H and O–H groups in total. The van der Waals surface area contributed by atoms with Crippen LogP contribution in [0.5, 0.6) is 11.8 Å². The van der Waals surface area contributed by atoms with Gasteiger partial charge < -0.3 is 19.9 Å². The van der Waals surface area contributed by atoms with Crippen molar-refractivity contribution in [3.63, 3.8) is 0 Å². The number of aromatic nitrogens is 7. The summed E-state index contributed by atoms with van der Waals surface area (Å²) in [6.07, 6.45) is 6.46. The lowest BCUT2D eigenvalue weighted by molar-refractivity contribution is -0.143. The molecule has 0 spiro atoms. The van der Waals surface area contributed by atoms with Crippen LogP contribution in [0.1, 0.15) is 49.9 Å². The van der Waals surface area contributed by atoms with Gasteiger partial charge in [0.05, 0.1) is 35.6 Å². The molecule has 0 amide bonds. The van der Waals surface area contributed by atoms with E-state index in [2.05, 4.69) is 30.6 Å². The summed E-state index contributed by atoms with van der Waals surface area (Å²) in [5.41, 5.74) is 2.83. The predicted octanol–water partition coefficient (Wildman–Crippen LogP) is 2.55. The van der Waals surface area contributed by atoms with Crippen molar-refractivity contribution < 1.29 is 19.4 Å². The second-order valence-electron chi connectivity index (χ2n) is 8.99. The number of nitrogens with zero attached hydrogens (tertiary/aromatic N) is 7. The molecule has 12 heteroatoms. The summed E-state index contributed by atoms with van der Waals surface area (Å²) in [6.45, 7) is 2.25. The van der Waals surface area contributed by atoms with Crippen LogP contribution in [0, 0.1) is 12.8 Å². The molecule has 0 unspecified atom stereocenters. The van der Waals surface area contributed by atoms with Crippen LogP contribution in [0.4, 0.5) is 5.95 Å². The van der Waals surface area contributed by atoms with Crippen molar-refractivity contribution in [2.24, 2.45) is 13.0 Å². The Balaban J connectivity index is 1.27. The second kappa shape index (κ2) is 9.80. The van der Waals surface area contributed by atoms with Crippen LogP contribution in [0.15, 0.2) is 18.5 Å². The van der Waals surface area contributed by atoms with Gasteiger partial charge >= 0.3 is 12.0 Å². The molecule has 0 aliphatic heterocycles. The number of hydrogen-bond acceptors (Lipinski definition) is 10. The van der Waals surface area contributed by atoms with Gasteiger partial charge in [-0.3, -0.25) is 4.79 Å². The zero-order valence-electron chi connectivity index (χ0n) is 19.7. The van der Waals surface area contributed by atoms with Gasteiger partial charge in [0.25, 0.3) is 0 Å². The van der Waals surface area contributed by atoms with E-state index in [-0.39, 0.29) is 18.1 Å². The van der Waals surface area contributed by atoms with E-state index >= 15 is 0 Å². The van der Waals surface area contributed by atoms with Gasteiger partial charge in [-0.25, -0.2) is 14.6 Å². The molecule has 0 aromatic carbocycles.